The van der Waals surface area contributed by atoms with Gasteiger partial charge < -0.3 is 10.6 Å². The summed E-state index contributed by atoms with van der Waals surface area (Å²) in [6.07, 6.45) is 9.08. The number of hydrogen-bond acceptors (Lipinski definition) is 2. The van der Waals surface area contributed by atoms with Crippen molar-refractivity contribution in [2.24, 2.45) is 17.6 Å². The topological polar surface area (TPSA) is 63.4 Å². The molecule has 106 valence electrons. The van der Waals surface area contributed by atoms with Gasteiger partial charge in [0.25, 0.3) is 0 Å². The van der Waals surface area contributed by atoms with Gasteiger partial charge in [0.05, 0.1) is 0 Å². The Morgan fingerprint density at radius 3 is 2.89 bits per heavy atom. The maximum atomic E-state index is 12.3. The summed E-state index contributed by atoms with van der Waals surface area (Å²) in [6.45, 7) is 2.63. The third-order valence-electron chi connectivity index (χ3n) is 4.35. The Labute approximate surface area is 115 Å². The summed E-state index contributed by atoms with van der Waals surface area (Å²) in [4.78, 5) is 25.3. The fourth-order valence-corrected chi connectivity index (χ4v) is 3.06. The summed E-state index contributed by atoms with van der Waals surface area (Å²) in [5.41, 5.74) is 6.48. The number of carbonyl (C=O) groups excluding carboxylic acids is 2. The van der Waals surface area contributed by atoms with Gasteiger partial charge in [-0.15, -0.1) is 0 Å². The molecule has 2 rings (SSSR count). The number of hydrogen-bond donors (Lipinski definition) is 1. The van der Waals surface area contributed by atoms with E-state index in [-0.39, 0.29) is 17.7 Å². The molecule has 4 heteroatoms. The van der Waals surface area contributed by atoms with Crippen LogP contribution in [0.25, 0.3) is 0 Å². The van der Waals surface area contributed by atoms with Crippen molar-refractivity contribution in [2.75, 3.05) is 6.54 Å². The average molecular weight is 264 g/mol. The second-order valence-corrected chi connectivity index (χ2v) is 5.79. The molecule has 2 unspecified atom stereocenters. The number of likely N-dealkylation sites (tertiary alicyclic amines) is 1. The average Bonchev–Trinajstić information content (AvgIpc) is 2.43. The van der Waals surface area contributed by atoms with Crippen molar-refractivity contribution in [1.29, 1.82) is 0 Å². The normalized spacial score (nSPS) is 24.4. The number of nitrogens with zero attached hydrogens (tertiary/aromatic N) is 1. The van der Waals surface area contributed by atoms with Crippen molar-refractivity contribution in [1.82, 2.24) is 4.90 Å². The first kappa shape index (κ1) is 14.1. The minimum Gasteiger partial charge on any atom is -0.369 e. The van der Waals surface area contributed by atoms with Gasteiger partial charge in [0, 0.05) is 24.6 Å². The van der Waals surface area contributed by atoms with Crippen LogP contribution in [0.1, 0.15) is 51.9 Å². The van der Waals surface area contributed by atoms with Gasteiger partial charge in [-0.25, -0.2) is 0 Å². The Morgan fingerprint density at radius 2 is 2.16 bits per heavy atom. The molecule has 1 aliphatic heterocycles. The van der Waals surface area contributed by atoms with Crippen molar-refractivity contribution in [3.63, 3.8) is 0 Å². The van der Waals surface area contributed by atoms with Gasteiger partial charge in [-0.3, -0.25) is 9.59 Å². The van der Waals surface area contributed by atoms with Gasteiger partial charge in [0.1, 0.15) is 0 Å². The van der Waals surface area contributed by atoms with E-state index in [9.17, 15) is 9.59 Å². The summed E-state index contributed by atoms with van der Waals surface area (Å²) >= 11 is 0. The van der Waals surface area contributed by atoms with Gasteiger partial charge >= 0.3 is 0 Å². The highest BCUT2D eigenvalue weighted by atomic mass is 16.2. The molecule has 19 heavy (non-hydrogen) atoms. The molecule has 2 aliphatic rings. The molecule has 1 saturated heterocycles. The zero-order valence-corrected chi connectivity index (χ0v) is 11.7. The van der Waals surface area contributed by atoms with E-state index in [1.54, 1.807) is 6.92 Å². The lowest BCUT2D eigenvalue weighted by Gasteiger charge is -2.38. The molecule has 1 aliphatic carbocycles. The van der Waals surface area contributed by atoms with Crippen molar-refractivity contribution in [3.8, 4) is 0 Å². The number of primary amides is 1. The van der Waals surface area contributed by atoms with Crippen LogP contribution in [0, 0.1) is 11.8 Å². The summed E-state index contributed by atoms with van der Waals surface area (Å²) < 4.78 is 0. The second-order valence-electron chi connectivity index (χ2n) is 5.79. The monoisotopic (exact) mass is 264 g/mol. The molecule has 0 aromatic rings. The predicted octanol–water partition coefficient (Wildman–Crippen LogP) is 2.19. The Hall–Kier alpha value is -1.32. The van der Waals surface area contributed by atoms with Crippen molar-refractivity contribution in [2.45, 2.75) is 51.9 Å². The van der Waals surface area contributed by atoms with Crippen molar-refractivity contribution in [3.05, 3.63) is 11.8 Å². The van der Waals surface area contributed by atoms with Gasteiger partial charge in [-0.2, -0.15) is 0 Å². The van der Waals surface area contributed by atoms with Crippen LogP contribution in [-0.4, -0.2) is 23.3 Å². The van der Waals surface area contributed by atoms with E-state index in [1.165, 1.54) is 25.0 Å². The highest BCUT2D eigenvalue weighted by molar-refractivity contribution is 5.80. The Bertz CT molecular complexity index is 390. The zero-order valence-electron chi connectivity index (χ0n) is 11.7. The fraction of sp³-hybridized carbons (Fsp3) is 0.733. The fourth-order valence-electron chi connectivity index (χ4n) is 3.06. The summed E-state index contributed by atoms with van der Waals surface area (Å²) in [7, 11) is 0. The first-order valence-electron chi connectivity index (χ1n) is 7.39. The van der Waals surface area contributed by atoms with E-state index in [0.29, 0.717) is 18.8 Å². The Kier molecular flexibility index (Phi) is 4.61. The third kappa shape index (κ3) is 3.37. The molecule has 4 nitrogen and oxygen atoms in total. The number of piperidine rings is 1. The van der Waals surface area contributed by atoms with Crippen LogP contribution in [0.15, 0.2) is 11.8 Å². The van der Waals surface area contributed by atoms with Gasteiger partial charge in [0.15, 0.2) is 0 Å². The molecule has 0 spiro atoms. The van der Waals surface area contributed by atoms with Crippen LogP contribution in [0.4, 0.5) is 0 Å². The third-order valence-corrected chi connectivity index (χ3v) is 4.35. The SMILES string of the molecule is CC(CCC(=O)N1CCCC2CCCC=C21)C(N)=O. The van der Waals surface area contributed by atoms with Crippen molar-refractivity contribution >= 4 is 11.8 Å². The summed E-state index contributed by atoms with van der Waals surface area (Å²) in [5, 5.41) is 0. The second kappa shape index (κ2) is 6.22. The van der Waals surface area contributed by atoms with Crippen molar-refractivity contribution < 1.29 is 9.59 Å². The molecule has 2 atom stereocenters. The minimum atomic E-state index is -0.318. The van der Waals surface area contributed by atoms with Gasteiger partial charge in [-0.05, 0) is 44.4 Å². The maximum Gasteiger partial charge on any atom is 0.226 e. The van der Waals surface area contributed by atoms with E-state index in [4.69, 9.17) is 5.73 Å². The number of carbonyl (C=O) groups is 2. The lowest BCUT2D eigenvalue weighted by molar-refractivity contribution is -0.131. The first-order chi connectivity index (χ1) is 9.09. The highest BCUT2D eigenvalue weighted by Crippen LogP contribution is 2.35. The summed E-state index contributed by atoms with van der Waals surface area (Å²) in [5.74, 6) is 0.206. The quantitative estimate of drug-likeness (QED) is 0.846. The number of amides is 2. The molecule has 0 bridgehead atoms. The summed E-state index contributed by atoms with van der Waals surface area (Å²) in [6, 6.07) is 0. The molecule has 0 aromatic carbocycles. The van der Waals surface area contributed by atoms with Crippen LogP contribution in [0.3, 0.4) is 0 Å². The molecule has 0 radical (unpaired) electrons. The standard InChI is InChI=1S/C15H24N2O2/c1-11(15(16)19)8-9-14(18)17-10-4-6-12-5-2-3-7-13(12)17/h7,11-12H,2-6,8-10H2,1H3,(H2,16,19). The number of fused-ring (bicyclic) bond motifs is 1. The van der Waals surface area contributed by atoms with Gasteiger partial charge in [0.2, 0.25) is 11.8 Å². The lowest BCUT2D eigenvalue weighted by atomic mass is 9.84. The zero-order chi connectivity index (χ0) is 13.8. The molecule has 2 amide bonds. The Balaban J connectivity index is 1.94. The molecule has 1 heterocycles. The number of allylic oxidation sites excluding steroid dienone is 2. The number of nitrogens with two attached hydrogens (primary N) is 1. The smallest absolute Gasteiger partial charge is 0.226 e. The predicted molar refractivity (Wildman–Crippen MR) is 74.0 cm³/mol. The highest BCUT2D eigenvalue weighted by Gasteiger charge is 2.30. The Morgan fingerprint density at radius 1 is 1.42 bits per heavy atom. The van der Waals surface area contributed by atoms with Crippen LogP contribution >= 0.6 is 0 Å². The largest absolute Gasteiger partial charge is 0.369 e. The van der Waals surface area contributed by atoms with Crippen LogP contribution in [0.5, 0.6) is 0 Å². The minimum absolute atomic E-state index is 0.158. The van der Waals surface area contributed by atoms with Crippen LogP contribution in [0.2, 0.25) is 0 Å². The lowest BCUT2D eigenvalue weighted by Crippen LogP contribution is -2.39. The molecule has 1 fully saturated rings. The van der Waals surface area contributed by atoms with Crippen LogP contribution < -0.4 is 5.73 Å². The number of rotatable bonds is 4. The molecular weight excluding hydrogens is 240 g/mol. The van der Waals surface area contributed by atoms with E-state index < -0.39 is 0 Å². The maximum absolute atomic E-state index is 12.3. The van der Waals surface area contributed by atoms with Gasteiger partial charge in [-0.1, -0.05) is 13.0 Å². The molecule has 0 saturated carbocycles. The van der Waals surface area contributed by atoms with E-state index in [2.05, 4.69) is 6.08 Å². The van der Waals surface area contributed by atoms with E-state index >= 15 is 0 Å². The first-order valence-corrected chi connectivity index (χ1v) is 7.39. The van der Waals surface area contributed by atoms with E-state index in [0.717, 1.165) is 19.4 Å². The molecular formula is C15H24N2O2. The van der Waals surface area contributed by atoms with E-state index in [1.807, 2.05) is 4.90 Å². The van der Waals surface area contributed by atoms with Crippen LogP contribution in [-0.2, 0) is 9.59 Å². The molecule has 2 N–H and O–H groups in total. The molecule has 0 aromatic heterocycles.